The molecule has 0 bridgehead atoms. The summed E-state index contributed by atoms with van der Waals surface area (Å²) in [7, 11) is -1.58. The van der Waals surface area contributed by atoms with E-state index in [4.69, 9.17) is 9.47 Å². The first-order valence-electron chi connectivity index (χ1n) is 8.49. The average Bonchev–Trinajstić information content (AvgIpc) is 2.65. The summed E-state index contributed by atoms with van der Waals surface area (Å²) in [6.45, 7) is 3.19. The summed E-state index contributed by atoms with van der Waals surface area (Å²) in [6.07, 6.45) is 1.11. The van der Waals surface area contributed by atoms with Crippen LogP contribution in [0.1, 0.15) is 19.8 Å². The fraction of sp³-hybridized carbons (Fsp3) is 0.588. The highest BCUT2D eigenvalue weighted by atomic mass is 32.2. The molecule has 0 saturated carbocycles. The van der Waals surface area contributed by atoms with E-state index in [9.17, 15) is 13.2 Å². The number of rotatable bonds is 8. The second-order valence-electron chi connectivity index (χ2n) is 5.86. The van der Waals surface area contributed by atoms with Gasteiger partial charge < -0.3 is 14.8 Å². The van der Waals surface area contributed by atoms with E-state index < -0.39 is 10.0 Å². The molecule has 1 aliphatic heterocycles. The van der Waals surface area contributed by atoms with Gasteiger partial charge >= 0.3 is 0 Å². The van der Waals surface area contributed by atoms with E-state index in [0.717, 1.165) is 0 Å². The molecule has 0 spiro atoms. The predicted octanol–water partition coefficient (Wildman–Crippen LogP) is 1.25. The van der Waals surface area contributed by atoms with Gasteiger partial charge in [-0.05, 0) is 31.9 Å². The van der Waals surface area contributed by atoms with Crippen LogP contribution in [0.15, 0.2) is 24.3 Å². The van der Waals surface area contributed by atoms with Gasteiger partial charge in [0.1, 0.15) is 6.61 Å². The molecule has 25 heavy (non-hydrogen) atoms. The fourth-order valence-corrected chi connectivity index (χ4v) is 3.93. The van der Waals surface area contributed by atoms with Crippen molar-refractivity contribution in [2.75, 3.05) is 39.1 Å². The molecule has 0 atom stereocenters. The minimum Gasteiger partial charge on any atom is -0.493 e. The van der Waals surface area contributed by atoms with Crippen LogP contribution in [-0.2, 0) is 14.8 Å². The number of para-hydroxylation sites is 2. The lowest BCUT2D eigenvalue weighted by molar-refractivity contribution is -0.126. The van der Waals surface area contributed by atoms with E-state index in [2.05, 4.69) is 5.32 Å². The molecule has 1 aliphatic rings. The monoisotopic (exact) mass is 370 g/mol. The van der Waals surface area contributed by atoms with Crippen LogP contribution in [0.3, 0.4) is 0 Å². The maximum Gasteiger partial charge on any atom is 0.223 e. The summed E-state index contributed by atoms with van der Waals surface area (Å²) in [5, 5.41) is 2.85. The fourth-order valence-electron chi connectivity index (χ4n) is 2.80. The zero-order valence-corrected chi connectivity index (χ0v) is 15.5. The summed E-state index contributed by atoms with van der Waals surface area (Å²) in [5.41, 5.74) is 0. The molecule has 2 rings (SSSR count). The molecule has 1 amide bonds. The first-order chi connectivity index (χ1) is 12.0. The van der Waals surface area contributed by atoms with Crippen LogP contribution in [0, 0.1) is 5.92 Å². The van der Waals surface area contributed by atoms with Crippen LogP contribution in [-0.4, -0.2) is 57.7 Å². The highest BCUT2D eigenvalue weighted by molar-refractivity contribution is 7.89. The smallest absolute Gasteiger partial charge is 0.223 e. The summed E-state index contributed by atoms with van der Waals surface area (Å²) >= 11 is 0. The highest BCUT2D eigenvalue weighted by Gasteiger charge is 2.29. The number of methoxy groups -OCH3 is 1. The minimum absolute atomic E-state index is 0.0443. The number of piperidine rings is 1. The molecule has 0 aromatic heterocycles. The third-order valence-corrected chi connectivity index (χ3v) is 6.19. The van der Waals surface area contributed by atoms with Crippen LogP contribution >= 0.6 is 0 Å². The molecule has 8 heteroatoms. The maximum atomic E-state index is 12.2. The van der Waals surface area contributed by atoms with Crippen LogP contribution in [0.25, 0.3) is 0 Å². The van der Waals surface area contributed by atoms with Crippen molar-refractivity contribution < 1.29 is 22.7 Å². The maximum absolute atomic E-state index is 12.2. The van der Waals surface area contributed by atoms with Gasteiger partial charge in [0, 0.05) is 19.0 Å². The van der Waals surface area contributed by atoms with Gasteiger partial charge in [-0.25, -0.2) is 12.7 Å². The third kappa shape index (κ3) is 5.34. The zero-order valence-electron chi connectivity index (χ0n) is 14.7. The molecule has 1 N–H and O–H groups in total. The SMILES string of the molecule is CCS(=O)(=O)N1CCC(C(=O)NCCOc2ccccc2OC)CC1. The summed E-state index contributed by atoms with van der Waals surface area (Å²) in [5.74, 6) is 1.20. The van der Waals surface area contributed by atoms with Crippen molar-refractivity contribution in [1.29, 1.82) is 0 Å². The first kappa shape index (κ1) is 19.5. The lowest BCUT2D eigenvalue weighted by Gasteiger charge is -2.30. The number of hydrogen-bond acceptors (Lipinski definition) is 5. The Bertz CT molecular complexity index is 669. The van der Waals surface area contributed by atoms with Gasteiger partial charge in [-0.1, -0.05) is 12.1 Å². The number of hydrogen-bond donors (Lipinski definition) is 1. The number of benzene rings is 1. The van der Waals surface area contributed by atoms with E-state index in [-0.39, 0.29) is 17.6 Å². The van der Waals surface area contributed by atoms with Crippen LogP contribution in [0.2, 0.25) is 0 Å². The molecular weight excluding hydrogens is 344 g/mol. The summed E-state index contributed by atoms with van der Waals surface area (Å²) in [6, 6.07) is 7.34. The molecule has 140 valence electrons. The molecule has 1 aromatic carbocycles. The van der Waals surface area contributed by atoms with Gasteiger partial charge in [-0.2, -0.15) is 0 Å². The Hall–Kier alpha value is -1.80. The highest BCUT2D eigenvalue weighted by Crippen LogP contribution is 2.25. The van der Waals surface area contributed by atoms with Crippen LogP contribution in [0.4, 0.5) is 0 Å². The van der Waals surface area contributed by atoms with Crippen molar-refractivity contribution in [3.63, 3.8) is 0 Å². The quantitative estimate of drug-likeness (QED) is 0.696. The number of amides is 1. The standard InChI is InChI=1S/C17H26N2O5S/c1-3-25(21,22)19-11-8-14(9-12-19)17(20)18-10-13-24-16-7-5-4-6-15(16)23-2/h4-7,14H,3,8-13H2,1-2H3,(H,18,20). The molecule has 0 unspecified atom stereocenters. The van der Waals surface area contributed by atoms with Gasteiger partial charge in [-0.3, -0.25) is 4.79 Å². The van der Waals surface area contributed by atoms with Crippen molar-refractivity contribution in [2.24, 2.45) is 5.92 Å². The Morgan fingerprint density at radius 1 is 1.24 bits per heavy atom. The number of carbonyl (C=O) groups is 1. The molecule has 1 heterocycles. The average molecular weight is 370 g/mol. The second-order valence-corrected chi connectivity index (χ2v) is 8.12. The molecule has 0 radical (unpaired) electrons. The molecule has 0 aliphatic carbocycles. The van der Waals surface area contributed by atoms with Crippen LogP contribution < -0.4 is 14.8 Å². The van der Waals surface area contributed by atoms with Crippen LogP contribution in [0.5, 0.6) is 11.5 Å². The van der Waals surface area contributed by atoms with Gasteiger partial charge in [-0.15, -0.1) is 0 Å². The van der Waals surface area contributed by atoms with Gasteiger partial charge in [0.25, 0.3) is 0 Å². The predicted molar refractivity (Wildman–Crippen MR) is 95.3 cm³/mol. The van der Waals surface area contributed by atoms with Crippen molar-refractivity contribution >= 4 is 15.9 Å². The normalized spacial score (nSPS) is 16.4. The Morgan fingerprint density at radius 3 is 2.48 bits per heavy atom. The topological polar surface area (TPSA) is 84.9 Å². The van der Waals surface area contributed by atoms with E-state index in [1.165, 1.54) is 4.31 Å². The van der Waals surface area contributed by atoms with Crippen molar-refractivity contribution in [3.8, 4) is 11.5 Å². The van der Waals surface area contributed by atoms with Crippen molar-refractivity contribution in [2.45, 2.75) is 19.8 Å². The molecular formula is C17H26N2O5S. The van der Waals surface area contributed by atoms with Crippen molar-refractivity contribution in [3.05, 3.63) is 24.3 Å². The van der Waals surface area contributed by atoms with Gasteiger partial charge in [0.05, 0.1) is 19.4 Å². The largest absolute Gasteiger partial charge is 0.493 e. The van der Waals surface area contributed by atoms with Crippen molar-refractivity contribution in [1.82, 2.24) is 9.62 Å². The molecule has 1 aromatic rings. The van der Waals surface area contributed by atoms with E-state index in [1.54, 1.807) is 14.0 Å². The molecule has 1 saturated heterocycles. The van der Waals surface area contributed by atoms with E-state index in [1.807, 2.05) is 24.3 Å². The summed E-state index contributed by atoms with van der Waals surface area (Å²) in [4.78, 5) is 12.2. The van der Waals surface area contributed by atoms with Gasteiger partial charge in [0.2, 0.25) is 15.9 Å². The third-order valence-electron chi connectivity index (χ3n) is 4.31. The number of carbonyl (C=O) groups excluding carboxylic acids is 1. The number of sulfonamides is 1. The van der Waals surface area contributed by atoms with E-state index in [0.29, 0.717) is 50.6 Å². The lowest BCUT2D eigenvalue weighted by Crippen LogP contribution is -2.44. The number of nitrogens with zero attached hydrogens (tertiary/aromatic N) is 1. The van der Waals surface area contributed by atoms with Gasteiger partial charge in [0.15, 0.2) is 11.5 Å². The number of ether oxygens (including phenoxy) is 2. The van der Waals surface area contributed by atoms with E-state index >= 15 is 0 Å². The summed E-state index contributed by atoms with van der Waals surface area (Å²) < 4.78 is 35.9. The Labute approximate surface area is 149 Å². The Kier molecular flexibility index (Phi) is 7.07. The number of nitrogens with one attached hydrogen (secondary N) is 1. The Morgan fingerprint density at radius 2 is 1.88 bits per heavy atom. The molecule has 1 fully saturated rings. The Balaban J connectivity index is 1.71. The minimum atomic E-state index is -3.16. The lowest BCUT2D eigenvalue weighted by atomic mass is 9.97. The second kappa shape index (κ2) is 9.05. The zero-order chi connectivity index (χ0) is 18.3. The first-order valence-corrected chi connectivity index (χ1v) is 10.1. The molecule has 7 nitrogen and oxygen atoms in total.